The molecule has 3 aliphatic rings. The number of rotatable bonds is 3. The molecule has 160 valence electrons. The van der Waals surface area contributed by atoms with Gasteiger partial charge in [0.15, 0.2) is 0 Å². The van der Waals surface area contributed by atoms with E-state index in [0.29, 0.717) is 18.5 Å². The van der Waals surface area contributed by atoms with Crippen LogP contribution < -0.4 is 10.6 Å². The monoisotopic (exact) mass is 471 g/mol. The molecule has 4 rings (SSSR count). The highest BCUT2D eigenvalue weighted by atomic mass is 79.9. The lowest BCUT2D eigenvalue weighted by Gasteiger charge is -2.31. The first kappa shape index (κ1) is 22.3. The third-order valence-electron chi connectivity index (χ3n) is 4.90. The molecule has 30 heavy (non-hydrogen) atoms. The average molecular weight is 472 g/mol. The zero-order valence-electron chi connectivity index (χ0n) is 17.9. The number of aromatic nitrogens is 1. The molecule has 0 radical (unpaired) electrons. The Morgan fingerprint density at radius 3 is 2.93 bits per heavy atom. The Bertz CT molecular complexity index is 901. The van der Waals surface area contributed by atoms with Crippen LogP contribution in [0, 0.1) is 0 Å². The highest BCUT2D eigenvalue weighted by Crippen LogP contribution is 2.39. The van der Waals surface area contributed by atoms with Gasteiger partial charge < -0.3 is 10.1 Å². The minimum absolute atomic E-state index is 0.0980. The number of ether oxygens (including phenoxy) is 1. The number of allylic oxidation sites excluding steroid dienone is 4. The van der Waals surface area contributed by atoms with Crippen LogP contribution in [0.15, 0.2) is 68.0 Å². The average Bonchev–Trinajstić information content (AvgIpc) is 3.22. The van der Waals surface area contributed by atoms with Crippen molar-refractivity contribution < 1.29 is 4.74 Å². The predicted molar refractivity (Wildman–Crippen MR) is 126 cm³/mol. The molecule has 1 atom stereocenters. The third-order valence-corrected chi connectivity index (χ3v) is 5.57. The number of guanidine groups is 1. The van der Waals surface area contributed by atoms with Gasteiger partial charge in [-0.15, -0.1) is 0 Å². The summed E-state index contributed by atoms with van der Waals surface area (Å²) < 4.78 is 6.78. The molecule has 0 bridgehead atoms. The van der Waals surface area contributed by atoms with Crippen LogP contribution in [0.2, 0.25) is 0 Å². The van der Waals surface area contributed by atoms with E-state index >= 15 is 0 Å². The summed E-state index contributed by atoms with van der Waals surface area (Å²) in [7, 11) is 0. The fraction of sp³-hybridized carbons (Fsp3) is 0.435. The lowest BCUT2D eigenvalue weighted by Crippen LogP contribution is -2.44. The molecule has 0 aromatic carbocycles. The number of pyridine rings is 1. The molecule has 1 aromatic rings. The van der Waals surface area contributed by atoms with Gasteiger partial charge in [-0.3, -0.25) is 10.3 Å². The molecule has 6 nitrogen and oxygen atoms in total. The summed E-state index contributed by atoms with van der Waals surface area (Å²) in [4.78, 5) is 13.9. The van der Waals surface area contributed by atoms with Crippen LogP contribution in [0.3, 0.4) is 0 Å². The van der Waals surface area contributed by atoms with E-state index in [0.717, 1.165) is 35.2 Å². The smallest absolute Gasteiger partial charge is 0.297 e. The van der Waals surface area contributed by atoms with Crippen molar-refractivity contribution in [2.45, 2.75) is 58.9 Å². The Morgan fingerprint density at radius 2 is 2.13 bits per heavy atom. The quantitative estimate of drug-likeness (QED) is 0.608. The van der Waals surface area contributed by atoms with Gasteiger partial charge in [0, 0.05) is 16.4 Å². The van der Waals surface area contributed by atoms with Crippen LogP contribution in [0.1, 0.15) is 64.6 Å². The Labute approximate surface area is 187 Å². The van der Waals surface area contributed by atoms with Crippen molar-refractivity contribution in [2.24, 2.45) is 9.98 Å². The Kier molecular flexibility index (Phi) is 8.25. The van der Waals surface area contributed by atoms with Gasteiger partial charge >= 0.3 is 0 Å². The molecule has 2 aliphatic heterocycles. The standard InChI is InChI=1S/C21H24BrN5O.C2H6/c1-2-3-4-8-14-13-24-21(28-14)27-20-25-17-11-6-5-9-15(17)18(26-20)19-16(22)10-7-12-23-19;1-2/h3-4,7-8,10,12,18H,2,5-6,9,11,13H2,1H3,(H2,24,25,26,27);1-2H3/b4-3-,14-8+;. The fourth-order valence-electron chi connectivity index (χ4n) is 3.55. The number of halogens is 1. The Hall–Kier alpha value is -2.41. The summed E-state index contributed by atoms with van der Waals surface area (Å²) in [5.74, 6) is 1.48. The summed E-state index contributed by atoms with van der Waals surface area (Å²) in [5, 5.41) is 6.66. The second-order valence-electron chi connectivity index (χ2n) is 6.90. The maximum atomic E-state index is 5.80. The van der Waals surface area contributed by atoms with E-state index < -0.39 is 0 Å². The number of nitrogens with zero attached hydrogens (tertiary/aromatic N) is 3. The van der Waals surface area contributed by atoms with Crippen molar-refractivity contribution in [1.29, 1.82) is 0 Å². The van der Waals surface area contributed by atoms with Crippen molar-refractivity contribution in [3.63, 3.8) is 0 Å². The van der Waals surface area contributed by atoms with Crippen molar-refractivity contribution in [2.75, 3.05) is 6.54 Å². The highest BCUT2D eigenvalue weighted by Gasteiger charge is 2.30. The SMILES string of the molecule is CC.CC/C=C\C=C1/CN=C(NC2=NC(c3ncccc3Br)C3=C(CCCC3)N2)O1. The van der Waals surface area contributed by atoms with E-state index in [9.17, 15) is 0 Å². The molecule has 1 unspecified atom stereocenters. The van der Waals surface area contributed by atoms with Crippen LogP contribution in [0.5, 0.6) is 0 Å². The van der Waals surface area contributed by atoms with E-state index in [1.165, 1.54) is 24.1 Å². The van der Waals surface area contributed by atoms with Crippen LogP contribution in [0.25, 0.3) is 0 Å². The van der Waals surface area contributed by atoms with Crippen molar-refractivity contribution >= 4 is 27.9 Å². The lowest BCUT2D eigenvalue weighted by atomic mass is 9.88. The first-order chi connectivity index (χ1) is 14.7. The molecule has 2 N–H and O–H groups in total. The summed E-state index contributed by atoms with van der Waals surface area (Å²) in [5.41, 5.74) is 3.51. The van der Waals surface area contributed by atoms with Gasteiger partial charge in [-0.1, -0.05) is 32.9 Å². The van der Waals surface area contributed by atoms with Crippen LogP contribution >= 0.6 is 15.9 Å². The second kappa shape index (κ2) is 11.1. The normalized spacial score (nSPS) is 21.9. The van der Waals surface area contributed by atoms with Gasteiger partial charge in [0.2, 0.25) is 5.96 Å². The first-order valence-electron chi connectivity index (χ1n) is 10.8. The summed E-state index contributed by atoms with van der Waals surface area (Å²) in [6.45, 7) is 6.64. The molecular weight excluding hydrogens is 442 g/mol. The Morgan fingerprint density at radius 1 is 1.30 bits per heavy atom. The van der Waals surface area contributed by atoms with Gasteiger partial charge in [0.1, 0.15) is 18.3 Å². The van der Waals surface area contributed by atoms with E-state index in [2.05, 4.69) is 49.5 Å². The topological polar surface area (TPSA) is 70.9 Å². The summed E-state index contributed by atoms with van der Waals surface area (Å²) in [6, 6.07) is 4.32. The summed E-state index contributed by atoms with van der Waals surface area (Å²) >= 11 is 3.64. The minimum Gasteiger partial charge on any atom is -0.428 e. The maximum Gasteiger partial charge on any atom is 0.297 e. The van der Waals surface area contributed by atoms with E-state index in [1.807, 2.05) is 44.3 Å². The fourth-order valence-corrected chi connectivity index (χ4v) is 4.02. The highest BCUT2D eigenvalue weighted by molar-refractivity contribution is 9.10. The van der Waals surface area contributed by atoms with Crippen LogP contribution in [0.4, 0.5) is 0 Å². The molecule has 0 fully saturated rings. The van der Waals surface area contributed by atoms with Gasteiger partial charge in [-0.05, 0) is 71.8 Å². The van der Waals surface area contributed by atoms with E-state index in [-0.39, 0.29) is 6.04 Å². The van der Waals surface area contributed by atoms with Crippen LogP contribution in [-0.2, 0) is 4.74 Å². The molecule has 0 amide bonds. The first-order valence-corrected chi connectivity index (χ1v) is 11.6. The van der Waals surface area contributed by atoms with Gasteiger partial charge in [0.25, 0.3) is 6.02 Å². The van der Waals surface area contributed by atoms with E-state index in [4.69, 9.17) is 9.73 Å². The molecular formula is C23H30BrN5O. The zero-order valence-corrected chi connectivity index (χ0v) is 19.5. The summed E-state index contributed by atoms with van der Waals surface area (Å²) in [6.07, 6.45) is 13.3. The number of aliphatic imine (C=N–C) groups is 2. The molecule has 0 saturated heterocycles. The van der Waals surface area contributed by atoms with Gasteiger partial charge in [0.05, 0.1) is 5.69 Å². The number of hydrogen-bond acceptors (Lipinski definition) is 6. The third kappa shape index (κ3) is 5.39. The van der Waals surface area contributed by atoms with Crippen molar-refractivity contribution in [3.05, 3.63) is 63.8 Å². The molecule has 0 spiro atoms. The molecule has 1 aromatic heterocycles. The van der Waals surface area contributed by atoms with E-state index in [1.54, 1.807) is 0 Å². The van der Waals surface area contributed by atoms with Crippen molar-refractivity contribution in [1.82, 2.24) is 15.6 Å². The minimum atomic E-state index is -0.0980. The van der Waals surface area contributed by atoms with Gasteiger partial charge in [-0.25, -0.2) is 9.98 Å². The Balaban J connectivity index is 0.00000124. The number of hydrogen-bond donors (Lipinski definition) is 2. The molecule has 3 heterocycles. The molecule has 7 heteroatoms. The van der Waals surface area contributed by atoms with Crippen LogP contribution in [-0.4, -0.2) is 23.5 Å². The predicted octanol–water partition coefficient (Wildman–Crippen LogP) is 5.52. The second-order valence-corrected chi connectivity index (χ2v) is 7.76. The number of nitrogens with one attached hydrogen (secondary N) is 2. The number of amidine groups is 1. The maximum absolute atomic E-state index is 5.80. The molecule has 0 saturated carbocycles. The largest absolute Gasteiger partial charge is 0.428 e. The van der Waals surface area contributed by atoms with Crippen molar-refractivity contribution in [3.8, 4) is 0 Å². The van der Waals surface area contributed by atoms with Gasteiger partial charge in [-0.2, -0.15) is 0 Å². The lowest BCUT2D eigenvalue weighted by molar-refractivity contribution is 0.425. The zero-order chi connectivity index (χ0) is 21.3. The molecule has 1 aliphatic carbocycles.